The van der Waals surface area contributed by atoms with E-state index in [1.54, 1.807) is 24.5 Å². The molecule has 0 saturated heterocycles. The fraction of sp³-hybridized carbons (Fsp3) is 0.179. The van der Waals surface area contributed by atoms with Gasteiger partial charge in [-0.3, -0.25) is 24.2 Å². The van der Waals surface area contributed by atoms with Crippen LogP contribution in [-0.4, -0.2) is 73.8 Å². The molecule has 12 rings (SSSR count). The third-order valence-electron chi connectivity index (χ3n) is 17.0. The van der Waals surface area contributed by atoms with Crippen molar-refractivity contribution in [3.05, 3.63) is 344 Å². The molecule has 1 aliphatic heterocycles. The molecule has 0 bridgehead atoms. The summed E-state index contributed by atoms with van der Waals surface area (Å²) in [7, 11) is 7.01. The SMILES string of the molecule is CC1=C(c2ccc(CC(=O)c3c(F)cccc3F)cc2)CN(C)CC1.CO.Cc1cc[n+](C)cc1-c1ccc(CC(=O)c2c(F)cccc2F)cc1.Cc1cc[n+](C)cc1-c1ccc(CC(=O)c2c(F)cccc2F)cc1.Cc1ccncc1-c1ccc(CC(=O)c2c(F)cccc2F)cc1.[B].[Br-].[H-].[Na+]. The Bertz CT molecular complexity index is 4590. The molecule has 20 heteroatoms. The van der Waals surface area contributed by atoms with Crippen LogP contribution >= 0.6 is 0 Å². The molecular formula is C84H77BBrF8N4NaO5+. The molecule has 0 saturated carbocycles. The summed E-state index contributed by atoms with van der Waals surface area (Å²) >= 11 is 0. The number of benzene rings is 8. The van der Waals surface area contributed by atoms with E-state index in [-0.39, 0.29) is 82.1 Å². The summed E-state index contributed by atoms with van der Waals surface area (Å²) in [6.07, 6.45) is 12.4. The van der Waals surface area contributed by atoms with E-state index in [2.05, 4.69) is 23.9 Å². The zero-order chi connectivity index (χ0) is 73.0. The Morgan fingerprint density at radius 2 is 0.692 bits per heavy atom. The van der Waals surface area contributed by atoms with Crippen molar-refractivity contribution in [3.63, 3.8) is 0 Å². The van der Waals surface area contributed by atoms with E-state index in [1.807, 2.05) is 172 Å². The quantitative estimate of drug-likeness (QED) is 0.0444. The fourth-order valence-corrected chi connectivity index (χ4v) is 11.4. The molecule has 529 valence electrons. The number of aryl methyl sites for hydroxylation is 5. The first kappa shape index (κ1) is 85.2. The summed E-state index contributed by atoms with van der Waals surface area (Å²) in [6, 6.07) is 49.7. The third kappa shape index (κ3) is 22.8. The number of Topliss-reactive ketones (excluding diaryl/α,β-unsaturated/α-hetero) is 4. The monoisotopic (exact) mass is 1490 g/mol. The number of carbonyl (C=O) groups is 4. The molecule has 0 amide bonds. The average Bonchev–Trinajstić information content (AvgIpc) is 0.827. The summed E-state index contributed by atoms with van der Waals surface area (Å²) in [4.78, 5) is 55.3. The van der Waals surface area contributed by atoms with Crippen LogP contribution in [0, 0.1) is 67.3 Å². The molecule has 0 fully saturated rings. The molecule has 0 atom stereocenters. The predicted molar refractivity (Wildman–Crippen MR) is 384 cm³/mol. The third-order valence-corrected chi connectivity index (χ3v) is 17.0. The minimum Gasteiger partial charge on any atom is -1.00 e. The van der Waals surface area contributed by atoms with Crippen LogP contribution in [0.15, 0.2) is 231 Å². The number of hydrogen-bond donors (Lipinski definition) is 1. The van der Waals surface area contributed by atoms with Gasteiger partial charge in [-0.2, -0.15) is 0 Å². The second-order valence-corrected chi connectivity index (χ2v) is 24.4. The van der Waals surface area contributed by atoms with Crippen molar-refractivity contribution < 1.29 is 117 Å². The number of pyridine rings is 3. The Morgan fingerprint density at radius 1 is 0.423 bits per heavy atom. The second kappa shape index (κ2) is 40.6. The number of hydrogen-bond acceptors (Lipinski definition) is 7. The second-order valence-electron chi connectivity index (χ2n) is 24.4. The Morgan fingerprint density at radius 3 is 0.981 bits per heavy atom. The van der Waals surface area contributed by atoms with Gasteiger partial charge >= 0.3 is 29.6 Å². The van der Waals surface area contributed by atoms with Gasteiger partial charge in [0, 0.05) is 95.5 Å². The number of carbonyl (C=O) groups excluding carboxylic acids is 4. The number of aliphatic hydroxyl groups excluding tert-OH is 1. The van der Waals surface area contributed by atoms with Crippen LogP contribution in [0.3, 0.4) is 0 Å². The smallest absolute Gasteiger partial charge is 1.00 e. The van der Waals surface area contributed by atoms with E-state index in [0.717, 1.165) is 147 Å². The van der Waals surface area contributed by atoms with Crippen LogP contribution in [0.4, 0.5) is 35.1 Å². The Kier molecular flexibility index (Phi) is 33.2. The van der Waals surface area contributed by atoms with E-state index in [4.69, 9.17) is 5.11 Å². The minimum atomic E-state index is -0.831. The van der Waals surface area contributed by atoms with Crippen LogP contribution in [0.2, 0.25) is 0 Å². The molecule has 3 radical (unpaired) electrons. The number of ketones is 4. The van der Waals surface area contributed by atoms with Gasteiger partial charge in [0.15, 0.2) is 47.9 Å². The number of halogens is 9. The average molecular weight is 1490 g/mol. The van der Waals surface area contributed by atoms with Gasteiger partial charge in [-0.15, -0.1) is 0 Å². The van der Waals surface area contributed by atoms with Gasteiger partial charge in [0.2, 0.25) is 0 Å². The molecule has 0 unspecified atom stereocenters. The maximum atomic E-state index is 13.7. The minimum absolute atomic E-state index is 0. The van der Waals surface area contributed by atoms with Crippen LogP contribution in [-0.2, 0) is 39.8 Å². The zero-order valence-electron chi connectivity index (χ0n) is 60.2. The first-order valence-corrected chi connectivity index (χ1v) is 32.3. The van der Waals surface area contributed by atoms with Crippen molar-refractivity contribution in [3.8, 4) is 33.4 Å². The Hall–Kier alpha value is -9.47. The van der Waals surface area contributed by atoms with Crippen LogP contribution in [0.5, 0.6) is 0 Å². The van der Waals surface area contributed by atoms with Gasteiger partial charge in [-0.1, -0.05) is 127 Å². The van der Waals surface area contributed by atoms with Gasteiger partial charge in [0.05, 0.1) is 22.3 Å². The number of nitrogens with zero attached hydrogens (tertiary/aromatic N) is 4. The van der Waals surface area contributed by atoms with Crippen molar-refractivity contribution in [2.75, 3.05) is 27.2 Å². The summed E-state index contributed by atoms with van der Waals surface area (Å²) in [6.45, 7) is 10.2. The molecule has 1 N–H and O–H groups in total. The fourth-order valence-electron chi connectivity index (χ4n) is 11.4. The number of rotatable bonds is 16. The number of aliphatic hydroxyl groups is 1. The van der Waals surface area contributed by atoms with Crippen LogP contribution in [0.1, 0.15) is 101 Å². The molecule has 11 aromatic rings. The number of likely N-dealkylation sites (N-methyl/N-ethyl adjacent to an activating group) is 1. The summed E-state index contributed by atoms with van der Waals surface area (Å²) in [5.41, 5.74) is 14.5. The van der Waals surface area contributed by atoms with Gasteiger partial charge in [0.1, 0.15) is 60.6 Å². The molecular weight excluding hydrogens is 1410 g/mol. The van der Waals surface area contributed by atoms with Crippen molar-refractivity contribution >= 4 is 37.1 Å². The van der Waals surface area contributed by atoms with Crippen LogP contribution < -0.4 is 55.7 Å². The van der Waals surface area contributed by atoms with Crippen molar-refractivity contribution in [2.45, 2.75) is 59.8 Å². The molecule has 0 spiro atoms. The standard InChI is InChI=1S/C21H21F2NO.2C21H18F2NO.C20H15F2NO.CH4O.B.BrH.Na.H/c3*1-14-10-11-24(2)13-17(14)16-8-6-15(7-9-16)12-20(25)21-18(22)4-3-5-19(21)23;1-13-9-10-23-12-16(13)15-7-5-14(6-8-15)11-19(24)20-17(21)3-2-4-18(20)22;1-2;;;;/h3-9H,10-13H2,1-2H3;2*3-11,13H,12H2,1-2H3;2-10,12H,11H2,1H3;2H,1H3;;1H;;/q;2*+1;;;;;+1;-1/p-1. The van der Waals surface area contributed by atoms with E-state index < -0.39 is 91.9 Å². The summed E-state index contributed by atoms with van der Waals surface area (Å²) in [5, 5.41) is 7.00. The maximum absolute atomic E-state index is 13.7. The topological polar surface area (TPSA) is 112 Å². The first-order valence-electron chi connectivity index (χ1n) is 32.3. The Labute approximate surface area is 637 Å². The normalized spacial score (nSPS) is 11.4. The molecule has 3 aromatic heterocycles. The molecule has 104 heavy (non-hydrogen) atoms. The van der Waals surface area contributed by atoms with E-state index in [0.29, 0.717) is 5.56 Å². The van der Waals surface area contributed by atoms with E-state index >= 15 is 0 Å². The zero-order valence-corrected chi connectivity index (χ0v) is 62.7. The van der Waals surface area contributed by atoms with Gasteiger partial charge < -0.3 is 28.4 Å². The number of aromatic nitrogens is 3. The van der Waals surface area contributed by atoms with Crippen LogP contribution in [0.25, 0.3) is 39.0 Å². The molecule has 9 nitrogen and oxygen atoms in total. The van der Waals surface area contributed by atoms with Gasteiger partial charge in [-0.05, 0) is 163 Å². The van der Waals surface area contributed by atoms with Gasteiger partial charge in [-0.25, -0.2) is 44.3 Å². The summed E-state index contributed by atoms with van der Waals surface area (Å²) in [5.74, 6) is -8.83. The van der Waals surface area contributed by atoms with Crippen molar-refractivity contribution in [2.24, 2.45) is 14.1 Å². The molecule has 4 heterocycles. The Balaban J connectivity index is 0.000000290. The predicted octanol–water partition coefficient (Wildman–Crippen LogP) is 11.0. The van der Waals surface area contributed by atoms with E-state index in [1.165, 1.54) is 35.4 Å². The maximum Gasteiger partial charge on any atom is 1.00 e. The van der Waals surface area contributed by atoms with Crippen molar-refractivity contribution in [1.29, 1.82) is 0 Å². The first-order chi connectivity index (χ1) is 48.4. The molecule has 8 aromatic carbocycles. The van der Waals surface area contributed by atoms with E-state index in [9.17, 15) is 54.3 Å². The van der Waals surface area contributed by atoms with Gasteiger partial charge in [0.25, 0.3) is 0 Å². The molecule has 0 aliphatic carbocycles. The largest absolute Gasteiger partial charge is 1.00 e. The molecule has 1 aliphatic rings. The van der Waals surface area contributed by atoms with Crippen molar-refractivity contribution in [1.82, 2.24) is 9.88 Å². The summed E-state index contributed by atoms with van der Waals surface area (Å²) < 4.78 is 114.